The van der Waals surface area contributed by atoms with Gasteiger partial charge >= 0.3 is 5.97 Å². The summed E-state index contributed by atoms with van der Waals surface area (Å²) < 4.78 is 5.70. The molecule has 44 heavy (non-hydrogen) atoms. The fourth-order valence-electron chi connectivity index (χ4n) is 5.43. The molecule has 4 atom stereocenters. The maximum Gasteiger partial charge on any atom is 0.316 e. The van der Waals surface area contributed by atoms with E-state index < -0.39 is 5.92 Å². The van der Waals surface area contributed by atoms with E-state index in [9.17, 15) is 14.7 Å². The fraction of sp³-hybridized carbons (Fsp3) is 0.500. The van der Waals surface area contributed by atoms with Crippen LogP contribution in [-0.4, -0.2) is 110 Å². The molecule has 1 unspecified atom stereocenters. The molecule has 10 heteroatoms. The predicted molar refractivity (Wildman–Crippen MR) is 178 cm³/mol. The quantitative estimate of drug-likeness (QED) is 0.249. The van der Waals surface area contributed by atoms with Crippen molar-refractivity contribution in [3.8, 4) is 0 Å². The number of aliphatic hydroxyl groups excluding tert-OH is 1. The first-order valence-electron chi connectivity index (χ1n) is 15.2. The third-order valence-corrected chi connectivity index (χ3v) is 8.80. The van der Waals surface area contributed by atoms with Crippen LogP contribution in [0.2, 0.25) is 0 Å². The standard InChI is InChI=1S/C17H23NO3.C14H19N3S.C3H7NO/c1-18-13-7-8-14(18)10-15(9-13)21-17(20)16(11-19)12-5-3-2-4-6-12;1-16(2)9-10-17(12-13-6-5-11-18-13)14-7-3-4-8-15-14;1-4(2)3-5/h2-6,13-16,19H,7-11H2,1H3;3-8,11H,9-10,12H2,1-2H3;3H,1-2H3/t13-,14+,15+,16?;;. The number of anilines is 1. The molecule has 4 heterocycles. The van der Waals surface area contributed by atoms with E-state index in [1.54, 1.807) is 25.4 Å². The lowest BCUT2D eigenvalue weighted by Crippen LogP contribution is -2.43. The molecule has 2 aliphatic rings. The SMILES string of the molecule is CN(C)C=O.CN(C)CCN(Cc1cccs1)c1ccccn1.CN1[C@@H]2CC[C@H]1C[C@@H](OC(=O)C(CO)c1ccccc1)C2. The number of likely N-dealkylation sites (N-methyl/N-ethyl adjacent to an activating group) is 1. The zero-order valence-corrected chi connectivity index (χ0v) is 27.6. The molecule has 9 nitrogen and oxygen atoms in total. The number of hydrogen-bond donors (Lipinski definition) is 1. The Balaban J connectivity index is 0.000000211. The third-order valence-electron chi connectivity index (χ3n) is 7.93. The summed E-state index contributed by atoms with van der Waals surface area (Å²) in [5.41, 5.74) is 0.820. The third kappa shape index (κ3) is 11.3. The lowest BCUT2D eigenvalue weighted by molar-refractivity contribution is -0.155. The molecule has 2 fully saturated rings. The van der Waals surface area contributed by atoms with Gasteiger partial charge in [0.2, 0.25) is 6.41 Å². The Morgan fingerprint density at radius 1 is 1.02 bits per heavy atom. The normalized spacial score (nSPS) is 19.6. The van der Waals surface area contributed by atoms with E-state index in [1.807, 2.05) is 48.7 Å². The number of nitrogens with zero attached hydrogens (tertiary/aromatic N) is 5. The topological polar surface area (TPSA) is 89.5 Å². The van der Waals surface area contributed by atoms with Crippen LogP contribution >= 0.6 is 11.3 Å². The summed E-state index contributed by atoms with van der Waals surface area (Å²) in [6, 6.07) is 20.8. The van der Waals surface area contributed by atoms with Crippen LogP contribution in [0.25, 0.3) is 0 Å². The number of amides is 1. The Labute approximate surface area is 267 Å². The first kappa shape index (κ1) is 35.2. The van der Waals surface area contributed by atoms with Crippen molar-refractivity contribution in [3.05, 3.63) is 82.7 Å². The van der Waals surface area contributed by atoms with Gasteiger partial charge in [-0.1, -0.05) is 42.5 Å². The van der Waals surface area contributed by atoms with Gasteiger partial charge in [-0.2, -0.15) is 0 Å². The second-order valence-electron chi connectivity index (χ2n) is 11.8. The second-order valence-corrected chi connectivity index (χ2v) is 12.8. The highest BCUT2D eigenvalue weighted by atomic mass is 32.1. The largest absolute Gasteiger partial charge is 0.462 e. The summed E-state index contributed by atoms with van der Waals surface area (Å²) >= 11 is 1.80. The number of piperidine rings is 1. The van der Waals surface area contributed by atoms with Gasteiger partial charge < -0.3 is 29.4 Å². The molecular formula is C34H49N5O4S. The molecule has 0 radical (unpaired) electrons. The summed E-state index contributed by atoms with van der Waals surface area (Å²) in [5, 5.41) is 11.7. The molecular weight excluding hydrogens is 574 g/mol. The Morgan fingerprint density at radius 2 is 1.68 bits per heavy atom. The summed E-state index contributed by atoms with van der Waals surface area (Å²) in [4.78, 5) is 36.0. The monoisotopic (exact) mass is 623 g/mol. The first-order valence-corrected chi connectivity index (χ1v) is 16.1. The molecule has 5 rings (SSSR count). The lowest BCUT2D eigenvalue weighted by atomic mass is 9.98. The number of ether oxygens (including phenoxy) is 1. The zero-order valence-electron chi connectivity index (χ0n) is 26.8. The minimum absolute atomic E-state index is 0.00367. The lowest BCUT2D eigenvalue weighted by Gasteiger charge is -2.36. The van der Waals surface area contributed by atoms with Crippen LogP contribution in [0.1, 0.15) is 42.0 Å². The van der Waals surface area contributed by atoms with E-state index in [0.717, 1.165) is 50.3 Å². The van der Waals surface area contributed by atoms with Crippen molar-refractivity contribution in [2.45, 2.75) is 56.3 Å². The molecule has 0 saturated carbocycles. The van der Waals surface area contributed by atoms with Crippen molar-refractivity contribution in [1.82, 2.24) is 19.7 Å². The van der Waals surface area contributed by atoms with Gasteiger partial charge in [0.1, 0.15) is 17.8 Å². The van der Waals surface area contributed by atoms with Gasteiger partial charge in [-0.15, -0.1) is 11.3 Å². The molecule has 2 aromatic heterocycles. The molecule has 1 amide bonds. The Hall–Kier alpha value is -3.31. The number of hydrogen-bond acceptors (Lipinski definition) is 9. The van der Waals surface area contributed by atoms with Gasteiger partial charge in [0.15, 0.2) is 0 Å². The van der Waals surface area contributed by atoms with Gasteiger partial charge in [0.05, 0.1) is 13.2 Å². The highest BCUT2D eigenvalue weighted by Crippen LogP contribution is 2.36. The van der Waals surface area contributed by atoms with E-state index in [4.69, 9.17) is 4.74 Å². The number of esters is 1. The number of carbonyl (C=O) groups is 2. The minimum Gasteiger partial charge on any atom is -0.462 e. The van der Waals surface area contributed by atoms with E-state index in [-0.39, 0.29) is 18.7 Å². The van der Waals surface area contributed by atoms with Crippen molar-refractivity contribution in [2.75, 3.05) is 59.8 Å². The van der Waals surface area contributed by atoms with Crippen LogP contribution in [0.15, 0.2) is 72.2 Å². The Bertz CT molecular complexity index is 1200. The fourth-order valence-corrected chi connectivity index (χ4v) is 6.15. The smallest absolute Gasteiger partial charge is 0.316 e. The summed E-state index contributed by atoms with van der Waals surface area (Å²) in [5.74, 6) is 0.189. The highest BCUT2D eigenvalue weighted by molar-refractivity contribution is 7.09. The molecule has 2 aliphatic heterocycles. The average molecular weight is 624 g/mol. The van der Waals surface area contributed by atoms with Gasteiger partial charge in [-0.25, -0.2) is 4.98 Å². The molecule has 0 aliphatic carbocycles. The van der Waals surface area contributed by atoms with E-state index in [2.05, 4.69) is 64.4 Å². The number of fused-ring (bicyclic) bond motifs is 2. The summed E-state index contributed by atoms with van der Waals surface area (Å²) in [6.07, 6.45) is 6.86. The number of benzene rings is 1. The molecule has 0 spiro atoms. The average Bonchev–Trinajstić information content (AvgIpc) is 3.60. The zero-order chi connectivity index (χ0) is 31.9. The van der Waals surface area contributed by atoms with Crippen molar-refractivity contribution in [3.63, 3.8) is 0 Å². The van der Waals surface area contributed by atoms with Crippen LogP contribution in [-0.2, 0) is 20.9 Å². The number of rotatable bonds is 11. The maximum absolute atomic E-state index is 12.4. The molecule has 1 N–H and O–H groups in total. The number of aliphatic hydroxyl groups is 1. The van der Waals surface area contributed by atoms with E-state index in [0.29, 0.717) is 12.1 Å². The van der Waals surface area contributed by atoms with Gasteiger partial charge in [0.25, 0.3) is 0 Å². The number of thiophene rings is 1. The van der Waals surface area contributed by atoms with Crippen LogP contribution in [0.3, 0.4) is 0 Å². The van der Waals surface area contributed by atoms with Gasteiger partial charge in [-0.3, -0.25) is 9.59 Å². The first-order chi connectivity index (χ1) is 21.2. The molecule has 3 aromatic rings. The van der Waals surface area contributed by atoms with Gasteiger partial charge in [-0.05, 0) is 76.0 Å². The number of carbonyl (C=O) groups excluding carboxylic acids is 2. The Kier molecular flexibility index (Phi) is 14.8. The number of aromatic nitrogens is 1. The van der Waals surface area contributed by atoms with E-state index in [1.165, 1.54) is 22.6 Å². The van der Waals surface area contributed by atoms with Crippen molar-refractivity contribution in [2.24, 2.45) is 0 Å². The van der Waals surface area contributed by atoms with Crippen molar-refractivity contribution >= 4 is 29.5 Å². The van der Waals surface area contributed by atoms with E-state index >= 15 is 0 Å². The van der Waals surface area contributed by atoms with Crippen LogP contribution in [0.4, 0.5) is 5.82 Å². The summed E-state index contributed by atoms with van der Waals surface area (Å²) in [7, 11) is 9.74. The molecule has 1 aromatic carbocycles. The molecule has 2 saturated heterocycles. The molecule has 2 bridgehead atoms. The number of pyridine rings is 1. The molecule has 240 valence electrons. The minimum atomic E-state index is -0.566. The van der Waals surface area contributed by atoms with Crippen molar-refractivity contribution in [1.29, 1.82) is 0 Å². The van der Waals surface area contributed by atoms with Crippen LogP contribution < -0.4 is 4.90 Å². The predicted octanol–water partition coefficient (Wildman–Crippen LogP) is 4.35. The second kappa shape index (κ2) is 18.5. The van der Waals surface area contributed by atoms with Crippen molar-refractivity contribution < 1.29 is 19.4 Å². The summed E-state index contributed by atoms with van der Waals surface area (Å²) in [6.45, 7) is 2.74. The maximum atomic E-state index is 12.4. The highest BCUT2D eigenvalue weighted by Gasteiger charge is 2.40. The Morgan fingerprint density at radius 3 is 2.20 bits per heavy atom. The van der Waals surface area contributed by atoms with Crippen LogP contribution in [0.5, 0.6) is 0 Å². The van der Waals surface area contributed by atoms with Gasteiger partial charge in [0, 0.05) is 50.3 Å². The van der Waals surface area contributed by atoms with Crippen LogP contribution in [0, 0.1) is 0 Å².